The Morgan fingerprint density at radius 3 is 2.42 bits per heavy atom. The molecule has 6 nitrogen and oxygen atoms in total. The number of rotatable bonds is 4. The van der Waals surface area contributed by atoms with Crippen molar-refractivity contribution in [3.63, 3.8) is 0 Å². The van der Waals surface area contributed by atoms with E-state index in [2.05, 4.69) is 20.5 Å². The van der Waals surface area contributed by atoms with E-state index in [0.717, 1.165) is 18.8 Å². The van der Waals surface area contributed by atoms with Gasteiger partial charge in [-0.3, -0.25) is 9.59 Å². The molecule has 0 spiro atoms. The first-order valence-electron chi connectivity index (χ1n) is 8.02. The Morgan fingerprint density at radius 2 is 1.75 bits per heavy atom. The Hall–Kier alpha value is -2.89. The summed E-state index contributed by atoms with van der Waals surface area (Å²) in [6.07, 6.45) is 3.96. The molecule has 2 heterocycles. The van der Waals surface area contributed by atoms with Crippen molar-refractivity contribution in [3.05, 3.63) is 48.2 Å². The second-order valence-corrected chi connectivity index (χ2v) is 5.81. The van der Waals surface area contributed by atoms with Gasteiger partial charge in [-0.15, -0.1) is 0 Å². The lowest BCUT2D eigenvalue weighted by atomic mass is 10.2. The molecule has 0 radical (unpaired) electrons. The van der Waals surface area contributed by atoms with Crippen LogP contribution in [0.25, 0.3) is 0 Å². The van der Waals surface area contributed by atoms with Crippen LogP contribution in [0.1, 0.15) is 30.1 Å². The van der Waals surface area contributed by atoms with Gasteiger partial charge >= 0.3 is 0 Å². The quantitative estimate of drug-likeness (QED) is 0.907. The number of carbonyl (C=O) groups is 2. The van der Waals surface area contributed by atoms with Gasteiger partial charge in [-0.25, -0.2) is 4.98 Å². The van der Waals surface area contributed by atoms with Crippen LogP contribution in [0.3, 0.4) is 0 Å². The van der Waals surface area contributed by atoms with Crippen LogP contribution in [0.4, 0.5) is 17.2 Å². The van der Waals surface area contributed by atoms with Crippen LogP contribution in [0.2, 0.25) is 0 Å². The molecule has 1 aliphatic rings. The summed E-state index contributed by atoms with van der Waals surface area (Å²) in [6, 6.07) is 11.0. The van der Waals surface area contributed by atoms with Gasteiger partial charge < -0.3 is 15.5 Å². The molecule has 0 atom stereocenters. The first-order chi connectivity index (χ1) is 11.6. The van der Waals surface area contributed by atoms with Gasteiger partial charge in [-0.1, -0.05) is 0 Å². The van der Waals surface area contributed by atoms with Crippen molar-refractivity contribution in [2.45, 2.75) is 19.8 Å². The highest BCUT2D eigenvalue weighted by Gasteiger charge is 2.12. The number of nitrogens with one attached hydrogen (secondary N) is 2. The fourth-order valence-electron chi connectivity index (χ4n) is 2.75. The monoisotopic (exact) mass is 324 g/mol. The average Bonchev–Trinajstić information content (AvgIpc) is 3.09. The molecule has 2 N–H and O–H groups in total. The first kappa shape index (κ1) is 16.0. The highest BCUT2D eigenvalue weighted by atomic mass is 16.2. The summed E-state index contributed by atoms with van der Waals surface area (Å²) in [5.41, 5.74) is 2.36. The van der Waals surface area contributed by atoms with Crippen molar-refractivity contribution in [1.29, 1.82) is 0 Å². The van der Waals surface area contributed by atoms with E-state index in [4.69, 9.17) is 0 Å². The summed E-state index contributed by atoms with van der Waals surface area (Å²) in [6.45, 7) is 3.58. The summed E-state index contributed by atoms with van der Waals surface area (Å²) >= 11 is 0. The minimum absolute atomic E-state index is 0.224. The molecule has 2 aromatic rings. The lowest BCUT2D eigenvalue weighted by Gasteiger charge is -2.17. The van der Waals surface area contributed by atoms with E-state index in [9.17, 15) is 9.59 Å². The lowest BCUT2D eigenvalue weighted by Crippen LogP contribution is -2.17. The third-order valence-corrected chi connectivity index (χ3v) is 3.92. The van der Waals surface area contributed by atoms with Gasteiger partial charge in [-0.2, -0.15) is 0 Å². The number of pyridine rings is 1. The van der Waals surface area contributed by atoms with Gasteiger partial charge in [0.25, 0.3) is 5.91 Å². The smallest absolute Gasteiger partial charge is 0.255 e. The number of aromatic nitrogens is 1. The Bertz CT molecular complexity index is 737. The van der Waals surface area contributed by atoms with Gasteiger partial charge in [0.15, 0.2) is 0 Å². The Kier molecular flexibility index (Phi) is 4.74. The average molecular weight is 324 g/mol. The van der Waals surface area contributed by atoms with Crippen molar-refractivity contribution < 1.29 is 9.59 Å². The van der Waals surface area contributed by atoms with Gasteiger partial charge in [-0.05, 0) is 49.2 Å². The molecule has 24 heavy (non-hydrogen) atoms. The second-order valence-electron chi connectivity index (χ2n) is 5.81. The third-order valence-electron chi connectivity index (χ3n) is 3.92. The molecule has 3 rings (SSSR count). The van der Waals surface area contributed by atoms with E-state index in [-0.39, 0.29) is 11.8 Å². The van der Waals surface area contributed by atoms with E-state index < -0.39 is 0 Å². The summed E-state index contributed by atoms with van der Waals surface area (Å²) in [5.74, 6) is -0.102. The number of amides is 2. The van der Waals surface area contributed by atoms with Gasteiger partial charge in [0.2, 0.25) is 5.91 Å². The molecule has 0 saturated carbocycles. The predicted octanol–water partition coefficient (Wildman–Crippen LogP) is 2.89. The van der Waals surface area contributed by atoms with Crippen LogP contribution in [0.15, 0.2) is 42.6 Å². The molecule has 0 unspecified atom stereocenters. The molecule has 1 aromatic heterocycles. The molecule has 0 aliphatic carbocycles. The number of carbonyl (C=O) groups excluding carboxylic acids is 2. The van der Waals surface area contributed by atoms with Gasteiger partial charge in [0, 0.05) is 43.1 Å². The van der Waals surface area contributed by atoms with Crippen molar-refractivity contribution in [2.75, 3.05) is 28.6 Å². The Morgan fingerprint density at radius 1 is 1.04 bits per heavy atom. The molecule has 1 aliphatic heterocycles. The third kappa shape index (κ3) is 3.90. The van der Waals surface area contributed by atoms with E-state index >= 15 is 0 Å². The van der Waals surface area contributed by atoms with E-state index in [1.807, 2.05) is 24.3 Å². The molecule has 124 valence electrons. The van der Waals surface area contributed by atoms with Crippen LogP contribution in [0, 0.1) is 0 Å². The van der Waals surface area contributed by atoms with Crippen molar-refractivity contribution >= 4 is 29.0 Å². The zero-order valence-corrected chi connectivity index (χ0v) is 13.6. The molecule has 6 heteroatoms. The summed E-state index contributed by atoms with van der Waals surface area (Å²) in [7, 11) is 0. The van der Waals surface area contributed by atoms with Crippen molar-refractivity contribution in [1.82, 2.24) is 4.98 Å². The maximum atomic E-state index is 12.3. The number of nitrogens with zero attached hydrogens (tertiary/aromatic N) is 2. The van der Waals surface area contributed by atoms with Gasteiger partial charge in [0.05, 0.1) is 0 Å². The minimum atomic E-state index is -0.238. The fourth-order valence-corrected chi connectivity index (χ4v) is 2.75. The number of anilines is 3. The summed E-state index contributed by atoms with van der Waals surface area (Å²) < 4.78 is 0. The highest BCUT2D eigenvalue weighted by molar-refractivity contribution is 6.05. The van der Waals surface area contributed by atoms with Crippen molar-refractivity contribution in [3.8, 4) is 0 Å². The largest absolute Gasteiger partial charge is 0.372 e. The standard InChI is InChI=1S/C18H20N4O2/c1-13(23)20-17-12-14(8-9-19-17)18(24)21-15-4-6-16(7-5-15)22-10-2-3-11-22/h4-9,12H,2-3,10-11H2,1H3,(H,21,24)(H,19,20,23). The normalized spacial score (nSPS) is 13.6. The molecule has 1 saturated heterocycles. The van der Waals surface area contributed by atoms with Crippen LogP contribution in [-0.4, -0.2) is 29.9 Å². The van der Waals surface area contributed by atoms with Gasteiger partial charge in [0.1, 0.15) is 5.82 Å². The molecular formula is C18H20N4O2. The fraction of sp³-hybridized carbons (Fsp3) is 0.278. The van der Waals surface area contributed by atoms with Crippen molar-refractivity contribution in [2.24, 2.45) is 0 Å². The SMILES string of the molecule is CC(=O)Nc1cc(C(=O)Nc2ccc(N3CCCC3)cc2)ccn1. The maximum absolute atomic E-state index is 12.3. The van der Waals surface area contributed by atoms with E-state index in [1.54, 1.807) is 12.1 Å². The second kappa shape index (κ2) is 7.12. The van der Waals surface area contributed by atoms with Crippen LogP contribution >= 0.6 is 0 Å². The zero-order chi connectivity index (χ0) is 16.9. The Balaban J connectivity index is 1.67. The van der Waals surface area contributed by atoms with E-state index in [1.165, 1.54) is 31.6 Å². The highest BCUT2D eigenvalue weighted by Crippen LogP contribution is 2.22. The summed E-state index contributed by atoms with van der Waals surface area (Å²) in [5, 5.41) is 5.43. The first-order valence-corrected chi connectivity index (χ1v) is 8.02. The minimum Gasteiger partial charge on any atom is -0.372 e. The molecule has 2 amide bonds. The maximum Gasteiger partial charge on any atom is 0.255 e. The molecular weight excluding hydrogens is 304 g/mol. The van der Waals surface area contributed by atoms with Crippen LogP contribution in [0.5, 0.6) is 0 Å². The zero-order valence-electron chi connectivity index (χ0n) is 13.6. The van der Waals surface area contributed by atoms with Crippen LogP contribution in [-0.2, 0) is 4.79 Å². The van der Waals surface area contributed by atoms with E-state index in [0.29, 0.717) is 11.4 Å². The summed E-state index contributed by atoms with van der Waals surface area (Å²) in [4.78, 5) is 29.8. The number of benzene rings is 1. The predicted molar refractivity (Wildman–Crippen MR) is 94.4 cm³/mol. The van der Waals surface area contributed by atoms with Crippen LogP contribution < -0.4 is 15.5 Å². The topological polar surface area (TPSA) is 74.3 Å². The lowest BCUT2D eigenvalue weighted by molar-refractivity contribution is -0.114. The molecule has 1 aromatic carbocycles. The number of hydrogen-bond donors (Lipinski definition) is 2. The molecule has 0 bridgehead atoms. The molecule has 1 fully saturated rings. The number of hydrogen-bond acceptors (Lipinski definition) is 4. The Labute approximate surface area is 140 Å².